The lowest BCUT2D eigenvalue weighted by atomic mass is 10.0. The van der Waals surface area contributed by atoms with E-state index in [0.29, 0.717) is 12.1 Å². The molecule has 0 unspecified atom stereocenters. The molecule has 3 aromatic rings. The van der Waals surface area contributed by atoms with Gasteiger partial charge in [-0.1, -0.05) is 103 Å². The smallest absolute Gasteiger partial charge is 0.280 e. The largest absolute Gasteiger partial charge is 0.352 e. The molecule has 0 aliphatic heterocycles. The zero-order chi connectivity index (χ0) is 28.6. The van der Waals surface area contributed by atoms with E-state index in [-0.39, 0.29) is 28.5 Å². The van der Waals surface area contributed by atoms with E-state index in [1.165, 1.54) is 120 Å². The fourth-order valence-corrected chi connectivity index (χ4v) is 5.04. The van der Waals surface area contributed by atoms with Crippen molar-refractivity contribution in [1.82, 2.24) is 19.9 Å². The molecular weight excluding hydrogens is 513 g/mol. The number of nitrogens with one attached hydrogen (secondary N) is 1. The molecule has 0 aliphatic carbocycles. The van der Waals surface area contributed by atoms with Crippen molar-refractivity contribution in [3.8, 4) is 11.3 Å². The Balaban J connectivity index is 1.33. The number of alkyl halides is 2. The van der Waals surface area contributed by atoms with Gasteiger partial charge in [0.05, 0.1) is 11.9 Å². The normalized spacial score (nSPS) is 11.5. The van der Waals surface area contributed by atoms with E-state index >= 15 is 0 Å². The van der Waals surface area contributed by atoms with Gasteiger partial charge in [0, 0.05) is 12.1 Å². The highest BCUT2D eigenvalue weighted by molar-refractivity contribution is 5.99. The lowest BCUT2D eigenvalue weighted by molar-refractivity contribution is 0.0954. The first-order valence-corrected chi connectivity index (χ1v) is 15.2. The first-order valence-electron chi connectivity index (χ1n) is 15.2. The molecule has 2 aromatic heterocycles. The Morgan fingerprint density at radius 3 is 1.88 bits per heavy atom. The number of halogens is 3. The van der Waals surface area contributed by atoms with Crippen LogP contribution in [-0.4, -0.2) is 27.0 Å². The fraction of sp³-hybridized carbons (Fsp3) is 0.594. The predicted octanol–water partition coefficient (Wildman–Crippen LogP) is 9.46. The summed E-state index contributed by atoms with van der Waals surface area (Å²) in [6.45, 7) is 2.77. The molecule has 5 nitrogen and oxygen atoms in total. The number of carbonyl (C=O) groups excluding carboxylic acids is 1. The maximum absolute atomic E-state index is 13.7. The van der Waals surface area contributed by atoms with Gasteiger partial charge in [-0.25, -0.2) is 22.7 Å². The average molecular weight is 559 g/mol. The third-order valence-electron chi connectivity index (χ3n) is 7.42. The number of nitrogens with zero attached hydrogens (tertiary/aromatic N) is 3. The van der Waals surface area contributed by atoms with Crippen LogP contribution in [0.5, 0.6) is 0 Å². The van der Waals surface area contributed by atoms with E-state index in [1.54, 1.807) is 0 Å². The van der Waals surface area contributed by atoms with Gasteiger partial charge in [-0.15, -0.1) is 0 Å². The van der Waals surface area contributed by atoms with Crippen molar-refractivity contribution in [1.29, 1.82) is 0 Å². The van der Waals surface area contributed by atoms with Gasteiger partial charge in [-0.05, 0) is 36.8 Å². The van der Waals surface area contributed by atoms with Crippen LogP contribution in [0.4, 0.5) is 13.2 Å². The summed E-state index contributed by atoms with van der Waals surface area (Å²) in [4.78, 5) is 17.2. The van der Waals surface area contributed by atoms with E-state index in [9.17, 15) is 18.0 Å². The van der Waals surface area contributed by atoms with Gasteiger partial charge in [0.25, 0.3) is 12.3 Å². The highest BCUT2D eigenvalue weighted by Crippen LogP contribution is 2.27. The number of amides is 1. The summed E-state index contributed by atoms with van der Waals surface area (Å²) >= 11 is 0. The van der Waals surface area contributed by atoms with E-state index in [1.807, 2.05) is 0 Å². The van der Waals surface area contributed by atoms with E-state index in [2.05, 4.69) is 22.3 Å². The van der Waals surface area contributed by atoms with Crippen LogP contribution in [0.2, 0.25) is 0 Å². The van der Waals surface area contributed by atoms with E-state index < -0.39 is 12.2 Å². The van der Waals surface area contributed by atoms with Crippen LogP contribution in [-0.2, 0) is 0 Å². The Kier molecular flexibility index (Phi) is 14.0. The fourth-order valence-electron chi connectivity index (χ4n) is 5.04. The molecule has 40 heavy (non-hydrogen) atoms. The molecule has 0 aliphatic rings. The Hall–Kier alpha value is -2.90. The molecular formula is C32H45F3N4O. The van der Waals surface area contributed by atoms with Crippen molar-refractivity contribution in [3.05, 3.63) is 53.6 Å². The summed E-state index contributed by atoms with van der Waals surface area (Å²) in [5.41, 5.74) is 0.534. The molecule has 0 radical (unpaired) electrons. The quantitative estimate of drug-likeness (QED) is 0.141. The molecule has 3 rings (SSSR count). The minimum atomic E-state index is -2.81. The molecule has 0 saturated carbocycles. The Labute approximate surface area is 237 Å². The summed E-state index contributed by atoms with van der Waals surface area (Å²) in [5, 5.41) is 6.86. The topological polar surface area (TPSA) is 59.3 Å². The summed E-state index contributed by atoms with van der Waals surface area (Å²) in [6, 6.07) is 6.64. The van der Waals surface area contributed by atoms with Crippen molar-refractivity contribution in [3.63, 3.8) is 0 Å². The van der Waals surface area contributed by atoms with Crippen LogP contribution in [0, 0.1) is 5.82 Å². The van der Waals surface area contributed by atoms with Gasteiger partial charge in [-0.3, -0.25) is 4.79 Å². The number of unbranched alkanes of at least 4 members (excludes halogenated alkanes) is 15. The van der Waals surface area contributed by atoms with Gasteiger partial charge < -0.3 is 5.32 Å². The SMILES string of the molecule is CCCCCCCCCCCCCCCCCCNC(=O)c1cnn2c(C(F)F)cc(-c3ccc(F)cc3)nc12. The molecule has 220 valence electrons. The first kappa shape index (κ1) is 31.6. The predicted molar refractivity (Wildman–Crippen MR) is 155 cm³/mol. The average Bonchev–Trinajstić information content (AvgIpc) is 3.38. The van der Waals surface area contributed by atoms with Crippen molar-refractivity contribution >= 4 is 11.6 Å². The van der Waals surface area contributed by atoms with Crippen molar-refractivity contribution in [2.24, 2.45) is 0 Å². The van der Waals surface area contributed by atoms with Crippen molar-refractivity contribution in [2.45, 2.75) is 116 Å². The second-order valence-corrected chi connectivity index (χ2v) is 10.7. The number of hydrogen-bond donors (Lipinski definition) is 1. The number of fused-ring (bicyclic) bond motifs is 1. The summed E-state index contributed by atoms with van der Waals surface area (Å²) in [6.07, 6.45) is 19.0. The zero-order valence-corrected chi connectivity index (χ0v) is 23.9. The Morgan fingerprint density at radius 1 is 0.825 bits per heavy atom. The van der Waals surface area contributed by atoms with Crippen LogP contribution < -0.4 is 5.32 Å². The third kappa shape index (κ3) is 10.3. The van der Waals surface area contributed by atoms with E-state index in [4.69, 9.17) is 0 Å². The number of hydrogen-bond acceptors (Lipinski definition) is 3. The summed E-state index contributed by atoms with van der Waals surface area (Å²) < 4.78 is 41.8. The van der Waals surface area contributed by atoms with Crippen LogP contribution >= 0.6 is 0 Å². The monoisotopic (exact) mass is 558 g/mol. The number of benzene rings is 1. The van der Waals surface area contributed by atoms with Crippen LogP contribution in [0.3, 0.4) is 0 Å². The second kappa shape index (κ2) is 17.7. The van der Waals surface area contributed by atoms with Gasteiger partial charge >= 0.3 is 0 Å². The molecule has 0 saturated heterocycles. The number of aromatic nitrogens is 3. The highest BCUT2D eigenvalue weighted by atomic mass is 19.3. The maximum atomic E-state index is 13.7. The standard InChI is InChI=1S/C32H45F3N4O/c1-2-3-4-5-6-7-8-9-10-11-12-13-14-15-16-17-22-36-32(40)27-24-37-39-29(30(34)35)23-28(38-31(27)39)25-18-20-26(33)21-19-25/h18-21,23-24,30H,2-17,22H2,1H3,(H,36,40). The Bertz CT molecular complexity index is 1150. The molecule has 1 aromatic carbocycles. The Morgan fingerprint density at radius 2 is 1.35 bits per heavy atom. The molecule has 0 atom stereocenters. The zero-order valence-electron chi connectivity index (χ0n) is 23.9. The minimum absolute atomic E-state index is 0.0570. The summed E-state index contributed by atoms with van der Waals surface area (Å²) in [5.74, 6) is -0.822. The van der Waals surface area contributed by atoms with Gasteiger partial charge in [-0.2, -0.15) is 5.10 Å². The lowest BCUT2D eigenvalue weighted by Crippen LogP contribution is -2.24. The molecule has 0 bridgehead atoms. The second-order valence-electron chi connectivity index (χ2n) is 10.7. The van der Waals surface area contributed by atoms with Gasteiger partial charge in [0.15, 0.2) is 5.65 Å². The number of rotatable bonds is 20. The highest BCUT2D eigenvalue weighted by Gasteiger charge is 2.21. The molecule has 0 spiro atoms. The third-order valence-corrected chi connectivity index (χ3v) is 7.42. The lowest BCUT2D eigenvalue weighted by Gasteiger charge is -2.09. The minimum Gasteiger partial charge on any atom is -0.352 e. The molecule has 1 N–H and O–H groups in total. The molecule has 1 amide bonds. The van der Waals surface area contributed by atoms with Gasteiger partial charge in [0.2, 0.25) is 0 Å². The number of carbonyl (C=O) groups is 1. The van der Waals surface area contributed by atoms with Crippen molar-refractivity contribution in [2.75, 3.05) is 6.54 Å². The van der Waals surface area contributed by atoms with Crippen LogP contribution in [0.25, 0.3) is 16.9 Å². The van der Waals surface area contributed by atoms with Crippen LogP contribution in [0.1, 0.15) is 132 Å². The van der Waals surface area contributed by atoms with Gasteiger partial charge in [0.1, 0.15) is 17.1 Å². The first-order chi connectivity index (χ1) is 19.5. The van der Waals surface area contributed by atoms with Crippen LogP contribution in [0.15, 0.2) is 36.5 Å². The van der Waals surface area contributed by atoms with Crippen molar-refractivity contribution < 1.29 is 18.0 Å². The summed E-state index contributed by atoms with van der Waals surface area (Å²) in [7, 11) is 0. The molecule has 0 fully saturated rings. The van der Waals surface area contributed by atoms with E-state index in [0.717, 1.165) is 23.8 Å². The molecule has 2 heterocycles. The maximum Gasteiger partial charge on any atom is 0.280 e. The molecule has 8 heteroatoms.